The summed E-state index contributed by atoms with van der Waals surface area (Å²) in [4.78, 5) is 21.0. The molecule has 2 aromatic carbocycles. The molecular weight excluding hydrogens is 472 g/mol. The maximum Gasteiger partial charge on any atom is 0.417 e. The molecule has 5 nitrogen and oxygen atoms in total. The van der Waals surface area contributed by atoms with E-state index in [-0.39, 0.29) is 5.69 Å². The van der Waals surface area contributed by atoms with E-state index < -0.39 is 29.0 Å². The number of benzene rings is 2. The lowest BCUT2D eigenvalue weighted by Gasteiger charge is -2.15. The van der Waals surface area contributed by atoms with Crippen molar-refractivity contribution < 1.29 is 22.4 Å². The molecule has 0 aliphatic rings. The Kier molecular flexibility index (Phi) is 6.82. The SMILES string of the molecule is C=N/C=C\C=C(/C)c1cnc2c(-c3ccc(C(F)(F)F)c(C(=O)Nc4ccc(F)cc4)c3)cccn12. The third-order valence-electron chi connectivity index (χ3n) is 5.46. The molecule has 0 saturated heterocycles. The molecule has 0 aliphatic heterocycles. The van der Waals surface area contributed by atoms with Crippen molar-refractivity contribution in [2.75, 3.05) is 5.32 Å². The number of nitrogens with one attached hydrogen (secondary N) is 1. The third-order valence-corrected chi connectivity index (χ3v) is 5.46. The van der Waals surface area contributed by atoms with E-state index in [0.29, 0.717) is 16.8 Å². The number of rotatable bonds is 6. The van der Waals surface area contributed by atoms with E-state index in [2.05, 4.69) is 22.0 Å². The van der Waals surface area contributed by atoms with Crippen molar-refractivity contribution in [1.29, 1.82) is 0 Å². The van der Waals surface area contributed by atoms with Gasteiger partial charge in [0.2, 0.25) is 0 Å². The number of carbonyl (C=O) groups excluding carboxylic acids is 1. The van der Waals surface area contributed by atoms with Crippen LogP contribution in [0.4, 0.5) is 23.2 Å². The lowest BCUT2D eigenvalue weighted by molar-refractivity contribution is -0.137. The van der Waals surface area contributed by atoms with Gasteiger partial charge in [-0.3, -0.25) is 14.2 Å². The zero-order chi connectivity index (χ0) is 25.9. The number of aliphatic imine (C=N–C) groups is 1. The molecule has 182 valence electrons. The second-order valence-corrected chi connectivity index (χ2v) is 7.85. The van der Waals surface area contributed by atoms with Crippen LogP contribution in [0.5, 0.6) is 0 Å². The van der Waals surface area contributed by atoms with Gasteiger partial charge in [-0.15, -0.1) is 0 Å². The number of pyridine rings is 1. The summed E-state index contributed by atoms with van der Waals surface area (Å²) in [6.07, 6.45) is 3.80. The molecule has 1 N–H and O–H groups in total. The summed E-state index contributed by atoms with van der Waals surface area (Å²) in [5, 5.41) is 2.40. The largest absolute Gasteiger partial charge is 0.417 e. The highest BCUT2D eigenvalue weighted by Gasteiger charge is 2.35. The van der Waals surface area contributed by atoms with Gasteiger partial charge in [0.1, 0.15) is 11.5 Å². The van der Waals surface area contributed by atoms with Crippen molar-refractivity contribution in [3.8, 4) is 11.1 Å². The molecule has 36 heavy (non-hydrogen) atoms. The smallest absolute Gasteiger partial charge is 0.322 e. The third kappa shape index (κ3) is 5.10. The first-order chi connectivity index (χ1) is 17.2. The van der Waals surface area contributed by atoms with Crippen molar-refractivity contribution in [1.82, 2.24) is 9.38 Å². The Morgan fingerprint density at radius 3 is 2.58 bits per heavy atom. The summed E-state index contributed by atoms with van der Waals surface area (Å²) in [5.41, 5.74) is 1.63. The number of hydrogen-bond acceptors (Lipinski definition) is 3. The van der Waals surface area contributed by atoms with E-state index >= 15 is 0 Å². The summed E-state index contributed by atoms with van der Waals surface area (Å²) in [6.45, 7) is 5.27. The Labute approximate surface area is 204 Å². The Morgan fingerprint density at radius 1 is 1.14 bits per heavy atom. The first kappa shape index (κ1) is 24.6. The Bertz CT molecular complexity index is 1500. The van der Waals surface area contributed by atoms with Gasteiger partial charge >= 0.3 is 6.18 Å². The average Bonchev–Trinajstić information content (AvgIpc) is 3.29. The van der Waals surface area contributed by atoms with Crippen LogP contribution in [0.25, 0.3) is 22.3 Å². The van der Waals surface area contributed by atoms with Crippen LogP contribution in [-0.4, -0.2) is 22.0 Å². The number of anilines is 1. The van der Waals surface area contributed by atoms with E-state index in [0.717, 1.165) is 29.5 Å². The first-order valence-electron chi connectivity index (χ1n) is 10.7. The predicted octanol–water partition coefficient (Wildman–Crippen LogP) is 7.03. The molecule has 0 unspecified atom stereocenters. The number of allylic oxidation sites excluding steroid dienone is 3. The van der Waals surface area contributed by atoms with E-state index in [1.54, 1.807) is 36.8 Å². The van der Waals surface area contributed by atoms with Gasteiger partial charge in [-0.05, 0) is 79.4 Å². The molecule has 0 aliphatic carbocycles. The lowest BCUT2D eigenvalue weighted by Crippen LogP contribution is -2.19. The molecule has 4 aromatic rings. The van der Waals surface area contributed by atoms with Gasteiger partial charge in [-0.2, -0.15) is 13.2 Å². The van der Waals surface area contributed by atoms with Crippen LogP contribution < -0.4 is 5.32 Å². The quantitative estimate of drug-likeness (QED) is 0.179. The van der Waals surface area contributed by atoms with Crippen LogP contribution in [0.15, 0.2) is 90.3 Å². The number of alkyl halides is 3. The maximum absolute atomic E-state index is 13.7. The average molecular weight is 492 g/mol. The Morgan fingerprint density at radius 2 is 1.89 bits per heavy atom. The van der Waals surface area contributed by atoms with Gasteiger partial charge in [0, 0.05) is 23.6 Å². The number of hydrogen-bond donors (Lipinski definition) is 1. The van der Waals surface area contributed by atoms with Crippen molar-refractivity contribution in [2.24, 2.45) is 4.99 Å². The van der Waals surface area contributed by atoms with E-state index in [9.17, 15) is 22.4 Å². The van der Waals surface area contributed by atoms with E-state index in [1.807, 2.05) is 17.4 Å². The molecule has 0 radical (unpaired) electrons. The van der Waals surface area contributed by atoms with Crippen molar-refractivity contribution in [2.45, 2.75) is 13.1 Å². The molecule has 0 fully saturated rings. The molecule has 0 spiro atoms. The predicted molar refractivity (Wildman–Crippen MR) is 132 cm³/mol. The monoisotopic (exact) mass is 492 g/mol. The molecule has 9 heteroatoms. The van der Waals surface area contributed by atoms with Gasteiger partial charge in [0.25, 0.3) is 5.91 Å². The number of nitrogens with zero attached hydrogens (tertiary/aromatic N) is 3. The Balaban J connectivity index is 1.79. The summed E-state index contributed by atoms with van der Waals surface area (Å²) in [6, 6.07) is 11.6. The minimum Gasteiger partial charge on any atom is -0.322 e. The molecule has 2 aromatic heterocycles. The first-order valence-corrected chi connectivity index (χ1v) is 10.7. The standard InChI is InChI=1S/C27H20F4N4O/c1-17(5-3-13-32-2)24-16-33-25-21(6-4-14-35(24)25)18-7-12-23(27(29,30)31)22(15-18)26(36)34-20-10-8-19(28)9-11-20/h3-16H,2H2,1H3,(H,34,36)/b13-3-,17-5+. The fourth-order valence-corrected chi connectivity index (χ4v) is 3.74. The zero-order valence-corrected chi connectivity index (χ0v) is 19.1. The minimum atomic E-state index is -4.75. The maximum atomic E-state index is 13.7. The van der Waals surface area contributed by atoms with Crippen molar-refractivity contribution in [3.63, 3.8) is 0 Å². The van der Waals surface area contributed by atoms with E-state index in [4.69, 9.17) is 0 Å². The fourth-order valence-electron chi connectivity index (χ4n) is 3.74. The van der Waals surface area contributed by atoms with Gasteiger partial charge in [0.05, 0.1) is 23.0 Å². The van der Waals surface area contributed by atoms with Crippen LogP contribution in [0.3, 0.4) is 0 Å². The summed E-state index contributed by atoms with van der Waals surface area (Å²) in [7, 11) is 0. The summed E-state index contributed by atoms with van der Waals surface area (Å²) in [5.74, 6) is -1.50. The molecule has 2 heterocycles. The molecule has 0 bridgehead atoms. The van der Waals surface area contributed by atoms with Crippen LogP contribution in [0.2, 0.25) is 0 Å². The second kappa shape index (κ2) is 9.99. The topological polar surface area (TPSA) is 58.8 Å². The molecule has 4 rings (SSSR count). The summed E-state index contributed by atoms with van der Waals surface area (Å²) < 4.78 is 56.2. The fraction of sp³-hybridized carbons (Fsp3) is 0.0741. The van der Waals surface area contributed by atoms with Gasteiger partial charge in [-0.1, -0.05) is 12.1 Å². The number of imidazole rings is 1. The molecule has 1 amide bonds. The van der Waals surface area contributed by atoms with Crippen LogP contribution in [-0.2, 0) is 6.18 Å². The number of carbonyl (C=O) groups is 1. The van der Waals surface area contributed by atoms with Gasteiger partial charge < -0.3 is 5.32 Å². The Hall–Kier alpha value is -4.53. The highest BCUT2D eigenvalue weighted by molar-refractivity contribution is 6.06. The molecular formula is C27H20F4N4O. The highest BCUT2D eigenvalue weighted by Crippen LogP contribution is 2.36. The highest BCUT2D eigenvalue weighted by atomic mass is 19.4. The van der Waals surface area contributed by atoms with Crippen LogP contribution in [0, 0.1) is 5.82 Å². The number of aromatic nitrogens is 2. The summed E-state index contributed by atoms with van der Waals surface area (Å²) >= 11 is 0. The number of fused-ring (bicyclic) bond motifs is 1. The second-order valence-electron chi connectivity index (χ2n) is 7.85. The number of amides is 1. The molecule has 0 saturated carbocycles. The van der Waals surface area contributed by atoms with Crippen molar-refractivity contribution >= 4 is 29.5 Å². The lowest BCUT2D eigenvalue weighted by atomic mass is 9.98. The van der Waals surface area contributed by atoms with Gasteiger partial charge in [-0.25, -0.2) is 9.37 Å². The van der Waals surface area contributed by atoms with E-state index in [1.165, 1.54) is 24.3 Å². The van der Waals surface area contributed by atoms with Crippen LogP contribution >= 0.6 is 0 Å². The zero-order valence-electron chi connectivity index (χ0n) is 19.1. The normalized spacial score (nSPS) is 12.3. The number of halogens is 4. The molecule has 0 atom stereocenters. The van der Waals surface area contributed by atoms with Crippen LogP contribution in [0.1, 0.15) is 28.5 Å². The van der Waals surface area contributed by atoms with Gasteiger partial charge in [0.15, 0.2) is 0 Å². The minimum absolute atomic E-state index is 0.169. The van der Waals surface area contributed by atoms with Crippen molar-refractivity contribution in [3.05, 3.63) is 108 Å².